The molecule has 0 radical (unpaired) electrons. The van der Waals surface area contributed by atoms with E-state index in [9.17, 15) is 26.7 Å². The molecule has 190 valence electrons. The van der Waals surface area contributed by atoms with E-state index in [2.05, 4.69) is 20.6 Å². The van der Waals surface area contributed by atoms with Crippen molar-refractivity contribution in [3.05, 3.63) is 52.2 Å². The number of alkyl halides is 4. The van der Waals surface area contributed by atoms with E-state index in [1.807, 2.05) is 0 Å². The largest absolute Gasteiger partial charge is 0.373 e. The molecule has 1 unspecified atom stereocenters. The molecule has 35 heavy (non-hydrogen) atoms. The maximum Gasteiger partial charge on any atom is 0.273 e. The second kappa shape index (κ2) is 9.67. The van der Waals surface area contributed by atoms with Gasteiger partial charge < -0.3 is 15.4 Å². The molecule has 2 heterocycles. The van der Waals surface area contributed by atoms with E-state index in [0.29, 0.717) is 37.0 Å². The molecule has 1 aromatic carbocycles. The van der Waals surface area contributed by atoms with Crippen LogP contribution in [0.5, 0.6) is 0 Å². The van der Waals surface area contributed by atoms with Gasteiger partial charge in [-0.15, -0.1) is 0 Å². The predicted molar refractivity (Wildman–Crippen MR) is 118 cm³/mol. The van der Waals surface area contributed by atoms with Crippen LogP contribution >= 0.6 is 0 Å². The predicted octanol–water partition coefficient (Wildman–Crippen LogP) is 4.96. The third-order valence-corrected chi connectivity index (χ3v) is 6.31. The molecule has 1 aliphatic heterocycles. The van der Waals surface area contributed by atoms with Crippen molar-refractivity contribution >= 4 is 11.7 Å². The molecule has 4 rings (SSSR count). The van der Waals surface area contributed by atoms with Gasteiger partial charge in [0.1, 0.15) is 23.0 Å². The van der Waals surface area contributed by atoms with Crippen molar-refractivity contribution in [3.8, 4) is 0 Å². The lowest BCUT2D eigenvalue weighted by Crippen LogP contribution is -2.43. The molecule has 2 aromatic rings. The number of nitrogens with one attached hydrogen (secondary N) is 2. The summed E-state index contributed by atoms with van der Waals surface area (Å²) in [7, 11) is 0. The molecule has 2 fully saturated rings. The van der Waals surface area contributed by atoms with Gasteiger partial charge >= 0.3 is 0 Å². The first kappa shape index (κ1) is 25.3. The van der Waals surface area contributed by atoms with Gasteiger partial charge in [-0.3, -0.25) is 4.79 Å². The molecular weight excluding hydrogens is 471 g/mol. The number of ether oxygens (including phenoxy) is 1. The molecule has 1 saturated heterocycles. The first-order valence-electron chi connectivity index (χ1n) is 11.5. The first-order chi connectivity index (χ1) is 16.5. The van der Waals surface area contributed by atoms with Crippen molar-refractivity contribution in [2.24, 2.45) is 0 Å². The number of benzene rings is 1. The number of amides is 1. The highest BCUT2D eigenvalue weighted by Crippen LogP contribution is 2.41. The summed E-state index contributed by atoms with van der Waals surface area (Å²) in [4.78, 5) is 21.4. The van der Waals surface area contributed by atoms with Gasteiger partial charge in [-0.25, -0.2) is 31.9 Å². The Labute approximate surface area is 199 Å². The van der Waals surface area contributed by atoms with Crippen LogP contribution in [0.15, 0.2) is 18.2 Å². The first-order valence-corrected chi connectivity index (χ1v) is 11.5. The zero-order valence-corrected chi connectivity index (χ0v) is 19.4. The van der Waals surface area contributed by atoms with Crippen LogP contribution in [0, 0.1) is 12.7 Å². The van der Waals surface area contributed by atoms with Crippen LogP contribution < -0.4 is 10.6 Å². The Kier molecular flexibility index (Phi) is 6.99. The van der Waals surface area contributed by atoms with Crippen molar-refractivity contribution in [3.63, 3.8) is 0 Å². The molecular formula is C24H27F5N4O2. The molecule has 1 atom stereocenters. The van der Waals surface area contributed by atoms with Gasteiger partial charge in [0.2, 0.25) is 5.91 Å². The standard InChI is InChI=1S/C24H27F5N4O2/c1-13-31-16(11-18(34)33-24(8-9-24)22(26)27)19(17-7-4-10-35-17)21(32-13)30-12-14-5-3-6-15(20(14)25)23(2,28)29/h3,5-6,17,22H,4,7-12H2,1-2H3,(H,33,34)(H,30,31,32). The quantitative estimate of drug-likeness (QED) is 0.479. The summed E-state index contributed by atoms with van der Waals surface area (Å²) < 4.78 is 74.6. The maximum absolute atomic E-state index is 14.7. The smallest absolute Gasteiger partial charge is 0.273 e. The minimum Gasteiger partial charge on any atom is -0.373 e. The third kappa shape index (κ3) is 5.55. The fourth-order valence-corrected chi connectivity index (χ4v) is 4.29. The molecule has 6 nitrogen and oxygen atoms in total. The summed E-state index contributed by atoms with van der Waals surface area (Å²) in [5.41, 5.74) is -1.36. The van der Waals surface area contributed by atoms with Gasteiger partial charge in [0, 0.05) is 31.2 Å². The zero-order valence-electron chi connectivity index (χ0n) is 19.4. The van der Waals surface area contributed by atoms with Gasteiger partial charge in [-0.2, -0.15) is 0 Å². The van der Waals surface area contributed by atoms with Crippen molar-refractivity contribution in [2.45, 2.75) is 76.5 Å². The zero-order chi connectivity index (χ0) is 25.4. The number of carbonyl (C=O) groups excluding carboxylic acids is 1. The Morgan fingerprint density at radius 2 is 2.03 bits per heavy atom. The number of halogens is 5. The Balaban J connectivity index is 1.61. The Hall–Kier alpha value is -2.82. The molecule has 2 aliphatic rings. The van der Waals surface area contributed by atoms with Gasteiger partial charge in [0.15, 0.2) is 0 Å². The fraction of sp³-hybridized carbons (Fsp3) is 0.542. The minimum absolute atomic E-state index is 0.0190. The number of aromatic nitrogens is 2. The van der Waals surface area contributed by atoms with Crippen LogP contribution in [-0.4, -0.2) is 34.4 Å². The summed E-state index contributed by atoms with van der Waals surface area (Å²) in [6, 6.07) is 3.78. The summed E-state index contributed by atoms with van der Waals surface area (Å²) >= 11 is 0. The molecule has 0 spiro atoms. The number of anilines is 1. The number of carbonyl (C=O) groups is 1. The summed E-state index contributed by atoms with van der Waals surface area (Å²) in [6.07, 6.45) is -1.54. The molecule has 1 aliphatic carbocycles. The fourth-order valence-electron chi connectivity index (χ4n) is 4.29. The van der Waals surface area contributed by atoms with Crippen LogP contribution in [0.4, 0.5) is 27.8 Å². The highest BCUT2D eigenvalue weighted by atomic mass is 19.3. The molecule has 1 saturated carbocycles. The Morgan fingerprint density at radius 1 is 1.29 bits per heavy atom. The lowest BCUT2D eigenvalue weighted by Gasteiger charge is -2.21. The van der Waals surface area contributed by atoms with Crippen LogP contribution in [-0.2, 0) is 28.4 Å². The highest BCUT2D eigenvalue weighted by Gasteiger charge is 2.52. The molecule has 1 amide bonds. The number of rotatable bonds is 9. The number of aryl methyl sites for hydroxylation is 1. The Bertz CT molecular complexity index is 1100. The molecule has 0 bridgehead atoms. The van der Waals surface area contributed by atoms with Crippen LogP contribution in [0.25, 0.3) is 0 Å². The van der Waals surface area contributed by atoms with Crippen molar-refractivity contribution < 1.29 is 31.5 Å². The van der Waals surface area contributed by atoms with Crippen molar-refractivity contribution in [2.75, 3.05) is 11.9 Å². The topological polar surface area (TPSA) is 76.1 Å². The maximum atomic E-state index is 14.7. The lowest BCUT2D eigenvalue weighted by molar-refractivity contribution is -0.122. The van der Waals surface area contributed by atoms with E-state index >= 15 is 0 Å². The van der Waals surface area contributed by atoms with E-state index in [4.69, 9.17) is 4.74 Å². The summed E-state index contributed by atoms with van der Waals surface area (Å²) in [5, 5.41) is 5.42. The van der Waals surface area contributed by atoms with Gasteiger partial charge in [0.25, 0.3) is 12.3 Å². The van der Waals surface area contributed by atoms with E-state index in [0.717, 1.165) is 12.5 Å². The van der Waals surface area contributed by atoms with Crippen molar-refractivity contribution in [1.82, 2.24) is 15.3 Å². The average molecular weight is 498 g/mol. The summed E-state index contributed by atoms with van der Waals surface area (Å²) in [5.74, 6) is -4.35. The number of hydrogen-bond acceptors (Lipinski definition) is 5. The monoisotopic (exact) mass is 498 g/mol. The van der Waals surface area contributed by atoms with Crippen LogP contribution in [0.3, 0.4) is 0 Å². The van der Waals surface area contributed by atoms with E-state index in [-0.39, 0.29) is 37.2 Å². The van der Waals surface area contributed by atoms with Gasteiger partial charge in [-0.1, -0.05) is 18.2 Å². The van der Waals surface area contributed by atoms with Crippen LogP contribution in [0.1, 0.15) is 66.9 Å². The van der Waals surface area contributed by atoms with Crippen LogP contribution in [0.2, 0.25) is 0 Å². The lowest BCUT2D eigenvalue weighted by atomic mass is 10.0. The molecule has 2 N–H and O–H groups in total. The van der Waals surface area contributed by atoms with Crippen molar-refractivity contribution in [1.29, 1.82) is 0 Å². The molecule has 11 heteroatoms. The van der Waals surface area contributed by atoms with Gasteiger partial charge in [0.05, 0.1) is 23.8 Å². The summed E-state index contributed by atoms with van der Waals surface area (Å²) in [6.45, 7) is 2.57. The Morgan fingerprint density at radius 3 is 2.63 bits per heavy atom. The van der Waals surface area contributed by atoms with E-state index in [1.165, 1.54) is 12.1 Å². The second-order valence-corrected chi connectivity index (χ2v) is 9.18. The van der Waals surface area contributed by atoms with E-state index < -0.39 is 41.3 Å². The van der Waals surface area contributed by atoms with Gasteiger partial charge in [-0.05, 0) is 32.6 Å². The SMILES string of the molecule is Cc1nc(CC(=O)NC2(C(F)F)CC2)c(C2CCCO2)c(NCc2cccc(C(C)(F)F)c2F)n1. The minimum atomic E-state index is -3.34. The second-order valence-electron chi connectivity index (χ2n) is 9.18. The number of hydrogen-bond donors (Lipinski definition) is 2. The third-order valence-electron chi connectivity index (χ3n) is 6.31. The molecule has 1 aromatic heterocycles. The normalized spacial score (nSPS) is 19.1. The number of nitrogens with zero attached hydrogens (tertiary/aromatic N) is 2. The van der Waals surface area contributed by atoms with E-state index in [1.54, 1.807) is 6.92 Å². The average Bonchev–Trinajstić information content (AvgIpc) is 3.35. The highest BCUT2D eigenvalue weighted by molar-refractivity contribution is 5.80.